The Kier molecular flexibility index (Phi) is 15.4. The van der Waals surface area contributed by atoms with Crippen molar-refractivity contribution in [1.29, 1.82) is 0 Å². The zero-order valence-corrected chi connectivity index (χ0v) is 43.0. The van der Waals surface area contributed by atoms with Gasteiger partial charge in [-0.3, -0.25) is 4.79 Å². The number of carbonyl (C=O) groups is 1. The standard InChI is InChI=1S/C52H82O21/c1-21-11-14-52(47(64)65)16-15-50(7)24(31(52)22(21)2)9-10-30-49(6)17-25(54)42(48(4,5)29(49)12-13-51(30,50)8)73-46-41(39(35(60)28(18-53)69-46)70-43-37(62)33(58)26(55)19-66-43)72-45-40(34(59)27(56)20-67-45)71-44-38(63)36(61)32(57)23(3)68-44/h9,22-23,25-46,53-63H,1,10-20H2,2-8H3,(H,64,65). The Morgan fingerprint density at radius 1 is 0.671 bits per heavy atom. The van der Waals surface area contributed by atoms with Gasteiger partial charge in [0.15, 0.2) is 25.2 Å². The second-order valence-electron chi connectivity index (χ2n) is 24.5. The highest BCUT2D eigenvalue weighted by Crippen LogP contribution is 2.76. The van der Waals surface area contributed by atoms with Gasteiger partial charge in [0.05, 0.1) is 43.5 Å². The predicted octanol–water partition coefficient (Wildman–Crippen LogP) is -0.417. The van der Waals surface area contributed by atoms with Crippen molar-refractivity contribution in [3.8, 4) is 0 Å². The number of hydrogen-bond donors (Lipinski definition) is 12. The average molecular weight is 1040 g/mol. The van der Waals surface area contributed by atoms with E-state index in [2.05, 4.69) is 40.3 Å². The van der Waals surface area contributed by atoms with E-state index in [1.807, 2.05) is 13.8 Å². The number of aliphatic carboxylic acids is 1. The third-order valence-electron chi connectivity index (χ3n) is 20.5. The summed E-state index contributed by atoms with van der Waals surface area (Å²) in [5.74, 6) is -0.891. The number of aliphatic hydroxyl groups is 11. The van der Waals surface area contributed by atoms with Crippen molar-refractivity contribution in [2.75, 3.05) is 19.8 Å². The van der Waals surface area contributed by atoms with Gasteiger partial charge >= 0.3 is 5.97 Å². The van der Waals surface area contributed by atoms with Crippen molar-refractivity contribution >= 4 is 5.97 Å². The molecule has 0 amide bonds. The molecule has 4 saturated heterocycles. The van der Waals surface area contributed by atoms with Gasteiger partial charge in [-0.15, -0.1) is 0 Å². The molecule has 9 rings (SSSR count). The van der Waals surface area contributed by atoms with Gasteiger partial charge in [0.1, 0.15) is 79.4 Å². The van der Waals surface area contributed by atoms with Crippen molar-refractivity contribution < 1.29 is 104 Å². The molecule has 0 radical (unpaired) electrons. The quantitative estimate of drug-likeness (QED) is 0.0977. The minimum absolute atomic E-state index is 0.00800. The second-order valence-corrected chi connectivity index (χ2v) is 24.5. The SMILES string of the molecule is C=C1CCC2(C(=O)O)CCC3(C)C(=CCC4C5(C)CC(O)C(OC6OC(CO)C(O)C(OC7OCC(O)C(O)C7O)C6OC6OCC(O)C(O)C6OC6OC(C)C(O)C(O)C6O)C(C)(C)C5CCC43C)C2C1C. The molecule has 5 aliphatic carbocycles. The molecule has 416 valence electrons. The zero-order chi connectivity index (χ0) is 53.2. The van der Waals surface area contributed by atoms with Gasteiger partial charge in [0.25, 0.3) is 0 Å². The summed E-state index contributed by atoms with van der Waals surface area (Å²) >= 11 is 0. The summed E-state index contributed by atoms with van der Waals surface area (Å²) in [5, 5.41) is 132. The molecular weight excluding hydrogens is 961 g/mol. The first-order chi connectivity index (χ1) is 34.2. The van der Waals surface area contributed by atoms with E-state index in [0.717, 1.165) is 24.8 Å². The number of rotatable bonds is 10. The molecule has 8 fully saturated rings. The van der Waals surface area contributed by atoms with Crippen LogP contribution in [0.4, 0.5) is 0 Å². The molecule has 0 aromatic rings. The highest BCUT2D eigenvalue weighted by molar-refractivity contribution is 5.77. The molecule has 0 spiro atoms. The summed E-state index contributed by atoms with van der Waals surface area (Å²) in [7, 11) is 0. The maximum Gasteiger partial charge on any atom is 0.310 e. The summed E-state index contributed by atoms with van der Waals surface area (Å²) in [6, 6.07) is 0. The van der Waals surface area contributed by atoms with Crippen LogP contribution in [0.15, 0.2) is 23.8 Å². The van der Waals surface area contributed by atoms with Crippen LogP contribution in [-0.2, 0) is 42.7 Å². The number of ether oxygens (including phenoxy) is 8. The highest BCUT2D eigenvalue weighted by Gasteiger charge is 2.71. The van der Waals surface area contributed by atoms with Crippen molar-refractivity contribution in [3.63, 3.8) is 0 Å². The summed E-state index contributed by atoms with van der Waals surface area (Å²) in [6.07, 6.45) is -24.6. The smallest absolute Gasteiger partial charge is 0.310 e. The van der Waals surface area contributed by atoms with Gasteiger partial charge in [-0.05, 0) is 97.7 Å². The summed E-state index contributed by atoms with van der Waals surface area (Å²) in [5.41, 5.74) is -0.429. The first-order valence-electron chi connectivity index (χ1n) is 26.4. The minimum Gasteiger partial charge on any atom is -0.481 e. The highest BCUT2D eigenvalue weighted by atomic mass is 16.8. The molecule has 21 heteroatoms. The molecule has 0 aromatic heterocycles. The maximum absolute atomic E-state index is 13.3. The van der Waals surface area contributed by atoms with Gasteiger partial charge < -0.3 is 99.2 Å². The van der Waals surface area contributed by atoms with Crippen molar-refractivity contribution in [2.45, 2.75) is 223 Å². The number of hydrogen-bond acceptors (Lipinski definition) is 20. The first-order valence-corrected chi connectivity index (χ1v) is 26.4. The van der Waals surface area contributed by atoms with E-state index in [4.69, 9.17) is 37.9 Å². The van der Waals surface area contributed by atoms with E-state index in [9.17, 15) is 66.1 Å². The number of carboxylic acids is 1. The molecule has 4 aliphatic heterocycles. The van der Waals surface area contributed by atoms with Crippen LogP contribution in [0.1, 0.15) is 99.8 Å². The van der Waals surface area contributed by atoms with Crippen LogP contribution in [0.5, 0.6) is 0 Å². The molecule has 12 N–H and O–H groups in total. The molecule has 73 heavy (non-hydrogen) atoms. The number of allylic oxidation sites excluding steroid dienone is 3. The Hall–Kier alpha value is -1.81. The lowest BCUT2D eigenvalue weighted by Crippen LogP contribution is -2.69. The number of fused-ring (bicyclic) bond motifs is 7. The summed E-state index contributed by atoms with van der Waals surface area (Å²) in [4.78, 5) is 13.3. The van der Waals surface area contributed by atoms with Gasteiger partial charge in [0, 0.05) is 5.92 Å². The Labute approximate surface area is 426 Å². The van der Waals surface area contributed by atoms with Crippen LogP contribution in [0.2, 0.25) is 0 Å². The monoisotopic (exact) mass is 1040 g/mol. The predicted molar refractivity (Wildman–Crippen MR) is 251 cm³/mol. The number of aliphatic hydroxyl groups excluding tert-OH is 11. The fourth-order valence-electron chi connectivity index (χ4n) is 16.1. The lowest BCUT2D eigenvalue weighted by molar-refractivity contribution is -0.404. The molecule has 0 bridgehead atoms. The minimum atomic E-state index is -1.86. The van der Waals surface area contributed by atoms with Crippen LogP contribution in [0, 0.1) is 50.7 Å². The third-order valence-corrected chi connectivity index (χ3v) is 20.5. The lowest BCUT2D eigenvalue weighted by atomic mass is 9.33. The van der Waals surface area contributed by atoms with Crippen molar-refractivity contribution in [3.05, 3.63) is 23.8 Å². The topological polar surface area (TPSA) is 334 Å². The lowest BCUT2D eigenvalue weighted by Gasteiger charge is -2.71. The molecule has 28 unspecified atom stereocenters. The molecule has 9 aliphatic rings. The molecule has 4 heterocycles. The zero-order valence-electron chi connectivity index (χ0n) is 43.0. The Morgan fingerprint density at radius 3 is 1.97 bits per heavy atom. The van der Waals surface area contributed by atoms with Crippen LogP contribution in [-0.4, -0.2) is 210 Å². The van der Waals surface area contributed by atoms with Gasteiger partial charge in [-0.1, -0.05) is 65.3 Å². The van der Waals surface area contributed by atoms with Crippen LogP contribution in [0.3, 0.4) is 0 Å². The van der Waals surface area contributed by atoms with Crippen molar-refractivity contribution in [1.82, 2.24) is 0 Å². The van der Waals surface area contributed by atoms with E-state index < -0.39 is 165 Å². The van der Waals surface area contributed by atoms with Crippen molar-refractivity contribution in [2.24, 2.45) is 50.7 Å². The Bertz CT molecular complexity index is 2060. The molecule has 28 atom stereocenters. The van der Waals surface area contributed by atoms with E-state index in [1.165, 1.54) is 12.5 Å². The molecule has 0 aromatic carbocycles. The van der Waals surface area contributed by atoms with Gasteiger partial charge in [-0.2, -0.15) is 0 Å². The fraction of sp³-hybridized carbons (Fsp3) is 0.904. The van der Waals surface area contributed by atoms with Crippen LogP contribution in [0.25, 0.3) is 0 Å². The molecule has 4 saturated carbocycles. The molecular formula is C52H82O21. The maximum atomic E-state index is 13.3. The summed E-state index contributed by atoms with van der Waals surface area (Å²) in [6.45, 7) is 17.1. The van der Waals surface area contributed by atoms with E-state index in [-0.39, 0.29) is 34.5 Å². The van der Waals surface area contributed by atoms with E-state index in [0.29, 0.717) is 32.1 Å². The van der Waals surface area contributed by atoms with E-state index in [1.54, 1.807) is 0 Å². The number of carboxylic acid groups (broad SMARTS) is 1. The first kappa shape index (κ1) is 55.9. The van der Waals surface area contributed by atoms with Gasteiger partial charge in [0.2, 0.25) is 0 Å². The Morgan fingerprint density at radius 2 is 1.30 bits per heavy atom. The largest absolute Gasteiger partial charge is 0.481 e. The normalized spacial score (nSPS) is 55.0. The van der Waals surface area contributed by atoms with E-state index >= 15 is 0 Å². The van der Waals surface area contributed by atoms with Crippen LogP contribution >= 0.6 is 0 Å². The fourth-order valence-corrected chi connectivity index (χ4v) is 16.1. The molecule has 21 nitrogen and oxygen atoms in total. The van der Waals surface area contributed by atoms with Gasteiger partial charge in [-0.25, -0.2) is 0 Å². The Balaban J connectivity index is 1.04. The van der Waals surface area contributed by atoms with Crippen LogP contribution < -0.4 is 0 Å². The summed E-state index contributed by atoms with van der Waals surface area (Å²) < 4.78 is 49.2. The average Bonchev–Trinajstić information content (AvgIpc) is 3.33. The third kappa shape index (κ3) is 8.84. The second kappa shape index (κ2) is 20.1.